The average molecular weight is 326 g/mol. The van der Waals surface area contributed by atoms with E-state index in [1.807, 2.05) is 21.8 Å². The summed E-state index contributed by atoms with van der Waals surface area (Å²) in [4.78, 5) is 14.7. The lowest BCUT2D eigenvalue weighted by Crippen LogP contribution is -2.46. The molecule has 0 radical (unpaired) electrons. The highest BCUT2D eigenvalue weighted by Gasteiger charge is 2.30. The van der Waals surface area contributed by atoms with Crippen molar-refractivity contribution in [2.24, 2.45) is 0 Å². The number of piperidine rings is 1. The number of carbonyl (C=O) groups is 1. The third-order valence-corrected chi connectivity index (χ3v) is 4.34. The van der Waals surface area contributed by atoms with Crippen molar-refractivity contribution in [3.8, 4) is 11.5 Å². The molecular formula is C17H18N4O3. The molecule has 1 saturated heterocycles. The molecule has 1 amide bonds. The smallest absolute Gasteiger partial charge is 0.276 e. The summed E-state index contributed by atoms with van der Waals surface area (Å²) in [6.07, 6.45) is 8.32. The lowest BCUT2D eigenvalue weighted by atomic mass is 10.0. The number of furan rings is 1. The zero-order chi connectivity index (χ0) is 16.4. The number of likely N-dealkylation sites (tertiary alicyclic amines) is 1. The van der Waals surface area contributed by atoms with Crippen LogP contribution in [0.15, 0.2) is 51.9 Å². The molecule has 0 N–H and O–H groups in total. The summed E-state index contributed by atoms with van der Waals surface area (Å²) >= 11 is 0. The van der Waals surface area contributed by atoms with Gasteiger partial charge in [0.2, 0.25) is 5.76 Å². The molecule has 1 aliphatic heterocycles. The Bertz CT molecular complexity index is 792. The number of rotatable bonds is 4. The largest absolute Gasteiger partial charge is 0.461 e. The van der Waals surface area contributed by atoms with Crippen LogP contribution in [0.4, 0.5) is 0 Å². The fraction of sp³-hybridized carbons (Fsp3) is 0.353. The van der Waals surface area contributed by atoms with Crippen LogP contribution in [0.5, 0.6) is 0 Å². The number of amides is 1. The van der Waals surface area contributed by atoms with Gasteiger partial charge in [-0.05, 0) is 37.5 Å². The average Bonchev–Trinajstić information content (AvgIpc) is 3.35. The van der Waals surface area contributed by atoms with Crippen molar-refractivity contribution in [3.63, 3.8) is 0 Å². The minimum Gasteiger partial charge on any atom is -0.461 e. The summed E-state index contributed by atoms with van der Waals surface area (Å²) in [5, 5.41) is 8.18. The maximum Gasteiger partial charge on any atom is 0.276 e. The van der Waals surface area contributed by atoms with Crippen LogP contribution in [0, 0.1) is 0 Å². The summed E-state index contributed by atoms with van der Waals surface area (Å²) in [5.41, 5.74) is 0.314. The van der Waals surface area contributed by atoms with Crippen LogP contribution < -0.4 is 0 Å². The van der Waals surface area contributed by atoms with E-state index >= 15 is 0 Å². The first-order valence-electron chi connectivity index (χ1n) is 8.10. The maximum absolute atomic E-state index is 12.9. The Balaban J connectivity index is 1.53. The first kappa shape index (κ1) is 14.7. The van der Waals surface area contributed by atoms with Crippen LogP contribution in [-0.2, 0) is 6.54 Å². The molecule has 1 aliphatic rings. The van der Waals surface area contributed by atoms with E-state index in [-0.39, 0.29) is 11.9 Å². The van der Waals surface area contributed by atoms with Crippen molar-refractivity contribution in [2.75, 3.05) is 6.54 Å². The second kappa shape index (κ2) is 6.35. The highest BCUT2D eigenvalue weighted by atomic mass is 16.5. The molecule has 1 fully saturated rings. The van der Waals surface area contributed by atoms with Gasteiger partial charge in [0.25, 0.3) is 5.91 Å². The van der Waals surface area contributed by atoms with Gasteiger partial charge in [-0.3, -0.25) is 9.48 Å². The summed E-state index contributed by atoms with van der Waals surface area (Å²) in [6.45, 7) is 1.43. The molecule has 0 spiro atoms. The summed E-state index contributed by atoms with van der Waals surface area (Å²) in [5.74, 6) is 0.922. The minimum atomic E-state index is -0.103. The van der Waals surface area contributed by atoms with E-state index in [1.54, 1.807) is 30.7 Å². The third kappa shape index (κ3) is 2.84. The quantitative estimate of drug-likeness (QED) is 0.737. The van der Waals surface area contributed by atoms with Crippen molar-refractivity contribution in [3.05, 3.63) is 48.6 Å². The Morgan fingerprint density at radius 1 is 1.29 bits per heavy atom. The number of carbonyl (C=O) groups excluding carboxylic acids is 1. The second-order valence-electron chi connectivity index (χ2n) is 5.93. The van der Waals surface area contributed by atoms with Crippen LogP contribution >= 0.6 is 0 Å². The minimum absolute atomic E-state index is 0.103. The molecule has 3 aromatic rings. The number of nitrogens with zero attached hydrogens (tertiary/aromatic N) is 4. The van der Waals surface area contributed by atoms with E-state index in [1.165, 1.54) is 0 Å². The van der Waals surface area contributed by atoms with Crippen LogP contribution in [-0.4, -0.2) is 38.3 Å². The van der Waals surface area contributed by atoms with Crippen molar-refractivity contribution in [1.82, 2.24) is 19.8 Å². The van der Waals surface area contributed by atoms with E-state index in [2.05, 4.69) is 10.3 Å². The van der Waals surface area contributed by atoms with Gasteiger partial charge in [-0.2, -0.15) is 5.10 Å². The van der Waals surface area contributed by atoms with Crippen LogP contribution in [0.1, 0.15) is 29.8 Å². The van der Waals surface area contributed by atoms with Crippen molar-refractivity contribution in [2.45, 2.75) is 31.8 Å². The van der Waals surface area contributed by atoms with Gasteiger partial charge in [0.15, 0.2) is 11.5 Å². The van der Waals surface area contributed by atoms with Crippen LogP contribution in [0.3, 0.4) is 0 Å². The molecule has 0 bridgehead atoms. The highest BCUT2D eigenvalue weighted by molar-refractivity contribution is 5.93. The molecule has 4 heterocycles. The van der Waals surface area contributed by atoms with Gasteiger partial charge >= 0.3 is 0 Å². The van der Waals surface area contributed by atoms with Gasteiger partial charge in [-0.1, -0.05) is 5.16 Å². The van der Waals surface area contributed by atoms with Crippen molar-refractivity contribution in [1.29, 1.82) is 0 Å². The first-order valence-corrected chi connectivity index (χ1v) is 8.10. The molecule has 0 aliphatic carbocycles. The zero-order valence-corrected chi connectivity index (χ0v) is 13.2. The first-order chi connectivity index (χ1) is 11.8. The van der Waals surface area contributed by atoms with Gasteiger partial charge < -0.3 is 13.8 Å². The highest BCUT2D eigenvalue weighted by Crippen LogP contribution is 2.24. The summed E-state index contributed by atoms with van der Waals surface area (Å²) in [6, 6.07) is 7.19. The Hall–Kier alpha value is -2.83. The lowest BCUT2D eigenvalue weighted by molar-refractivity contribution is 0.0573. The molecule has 124 valence electrons. The maximum atomic E-state index is 12.9. The number of hydrogen-bond donors (Lipinski definition) is 0. The molecule has 4 rings (SSSR count). The monoisotopic (exact) mass is 326 g/mol. The Labute approximate surface area is 138 Å². The topological polar surface area (TPSA) is 77.3 Å². The Morgan fingerprint density at radius 3 is 3.04 bits per heavy atom. The van der Waals surface area contributed by atoms with Crippen LogP contribution in [0.25, 0.3) is 11.5 Å². The van der Waals surface area contributed by atoms with E-state index in [0.29, 0.717) is 23.8 Å². The lowest BCUT2D eigenvalue weighted by Gasteiger charge is -2.35. The van der Waals surface area contributed by atoms with E-state index < -0.39 is 0 Å². The summed E-state index contributed by atoms with van der Waals surface area (Å²) < 4.78 is 12.4. The van der Waals surface area contributed by atoms with E-state index in [0.717, 1.165) is 25.8 Å². The Kier molecular flexibility index (Phi) is 3.90. The molecule has 7 heteroatoms. The molecule has 3 aromatic heterocycles. The molecule has 1 atom stereocenters. The molecule has 24 heavy (non-hydrogen) atoms. The molecular weight excluding hydrogens is 308 g/mol. The SMILES string of the molecule is O=C(c1cc(-c2ccco2)on1)N1CCCC[C@H]1Cn1cccn1. The molecule has 7 nitrogen and oxygen atoms in total. The number of hydrogen-bond acceptors (Lipinski definition) is 5. The normalized spacial score (nSPS) is 18.0. The van der Waals surface area contributed by atoms with E-state index in [4.69, 9.17) is 8.94 Å². The van der Waals surface area contributed by atoms with Crippen molar-refractivity contribution < 1.29 is 13.7 Å². The Morgan fingerprint density at radius 2 is 2.25 bits per heavy atom. The summed E-state index contributed by atoms with van der Waals surface area (Å²) in [7, 11) is 0. The molecule has 0 aromatic carbocycles. The fourth-order valence-corrected chi connectivity index (χ4v) is 3.14. The van der Waals surface area contributed by atoms with Gasteiger partial charge in [0.05, 0.1) is 18.8 Å². The van der Waals surface area contributed by atoms with Gasteiger partial charge in [0, 0.05) is 25.0 Å². The fourth-order valence-electron chi connectivity index (χ4n) is 3.14. The number of aromatic nitrogens is 3. The zero-order valence-electron chi connectivity index (χ0n) is 13.2. The van der Waals surface area contributed by atoms with Crippen LogP contribution in [0.2, 0.25) is 0 Å². The molecule has 0 unspecified atom stereocenters. The van der Waals surface area contributed by atoms with Gasteiger partial charge in [-0.25, -0.2) is 0 Å². The van der Waals surface area contributed by atoms with Crippen molar-refractivity contribution >= 4 is 5.91 Å². The molecule has 0 saturated carbocycles. The van der Waals surface area contributed by atoms with E-state index in [9.17, 15) is 4.79 Å². The predicted octanol–water partition coefficient (Wildman–Crippen LogP) is 2.83. The van der Waals surface area contributed by atoms with Gasteiger partial charge in [-0.15, -0.1) is 0 Å². The van der Waals surface area contributed by atoms with Gasteiger partial charge in [0.1, 0.15) is 0 Å². The second-order valence-corrected chi connectivity index (χ2v) is 5.93. The predicted molar refractivity (Wildman–Crippen MR) is 85.1 cm³/mol. The third-order valence-electron chi connectivity index (χ3n) is 4.34. The standard InChI is InChI=1S/C17H18N4O3/c22-17(14-11-16(24-19-14)15-6-3-10-23-15)21-9-2-1-5-13(21)12-20-8-4-7-18-20/h3-4,6-8,10-11,13H,1-2,5,9,12H2/t13-/m0/s1.